The largest absolute Gasteiger partial charge is 0.479 e. The van der Waals surface area contributed by atoms with Crippen molar-refractivity contribution in [2.45, 2.75) is 46.3 Å². The second-order valence-electron chi connectivity index (χ2n) is 5.11. The average molecular weight is 236 g/mol. The molecule has 0 aliphatic rings. The lowest BCUT2D eigenvalue weighted by molar-refractivity contribution is -0.162. The highest BCUT2D eigenvalue weighted by atomic mass is 16.6. The maximum absolute atomic E-state index is 11.7. The molecule has 0 spiro atoms. The van der Waals surface area contributed by atoms with E-state index in [1.807, 2.05) is 52.0 Å². The number of hydrogen-bond acceptors (Lipinski definition) is 3. The van der Waals surface area contributed by atoms with Gasteiger partial charge in [0.1, 0.15) is 11.4 Å². The summed E-state index contributed by atoms with van der Waals surface area (Å²) in [5, 5.41) is 0. The van der Waals surface area contributed by atoms with Gasteiger partial charge in [0.2, 0.25) is 0 Å². The van der Waals surface area contributed by atoms with Crippen molar-refractivity contribution in [2.24, 2.45) is 0 Å². The van der Waals surface area contributed by atoms with Crippen molar-refractivity contribution in [3.05, 3.63) is 29.8 Å². The lowest BCUT2D eigenvalue weighted by Crippen LogP contribution is -2.33. The van der Waals surface area contributed by atoms with Crippen molar-refractivity contribution in [3.8, 4) is 5.75 Å². The van der Waals surface area contributed by atoms with Gasteiger partial charge in [0.15, 0.2) is 6.10 Å². The normalized spacial score (nSPS) is 13.0. The highest BCUT2D eigenvalue weighted by molar-refractivity contribution is 5.75. The fourth-order valence-corrected chi connectivity index (χ4v) is 1.33. The first-order valence-electron chi connectivity index (χ1n) is 5.74. The monoisotopic (exact) mass is 236 g/mol. The van der Waals surface area contributed by atoms with E-state index >= 15 is 0 Å². The Morgan fingerprint density at radius 3 is 2.47 bits per heavy atom. The van der Waals surface area contributed by atoms with Gasteiger partial charge in [0.25, 0.3) is 0 Å². The molecule has 1 aromatic rings. The van der Waals surface area contributed by atoms with Gasteiger partial charge >= 0.3 is 5.97 Å². The Labute approximate surface area is 103 Å². The van der Waals surface area contributed by atoms with Crippen molar-refractivity contribution in [1.82, 2.24) is 0 Å². The zero-order chi connectivity index (χ0) is 13.1. The number of aryl methyl sites for hydroxylation is 1. The molecule has 17 heavy (non-hydrogen) atoms. The number of benzene rings is 1. The lowest BCUT2D eigenvalue weighted by Gasteiger charge is -2.22. The molecule has 0 saturated carbocycles. The molecule has 0 bridgehead atoms. The van der Waals surface area contributed by atoms with E-state index in [-0.39, 0.29) is 5.97 Å². The minimum atomic E-state index is -0.601. The van der Waals surface area contributed by atoms with Crippen LogP contribution < -0.4 is 4.74 Å². The van der Waals surface area contributed by atoms with Gasteiger partial charge in [0, 0.05) is 0 Å². The third-order valence-corrected chi connectivity index (χ3v) is 2.04. The smallest absolute Gasteiger partial charge is 0.347 e. The second-order valence-corrected chi connectivity index (χ2v) is 5.11. The first-order valence-corrected chi connectivity index (χ1v) is 5.74. The van der Waals surface area contributed by atoms with E-state index in [4.69, 9.17) is 9.47 Å². The zero-order valence-electron chi connectivity index (χ0n) is 11.1. The van der Waals surface area contributed by atoms with Crippen molar-refractivity contribution in [2.75, 3.05) is 0 Å². The number of esters is 1. The van der Waals surface area contributed by atoms with Crippen LogP contribution in [0.15, 0.2) is 24.3 Å². The van der Waals surface area contributed by atoms with Gasteiger partial charge in [-0.3, -0.25) is 0 Å². The molecule has 3 heteroatoms. The van der Waals surface area contributed by atoms with Gasteiger partial charge in [-0.05, 0) is 52.3 Å². The van der Waals surface area contributed by atoms with Gasteiger partial charge in [-0.2, -0.15) is 0 Å². The van der Waals surface area contributed by atoms with Crippen LogP contribution in [-0.2, 0) is 9.53 Å². The molecule has 1 rings (SSSR count). The minimum Gasteiger partial charge on any atom is -0.479 e. The summed E-state index contributed by atoms with van der Waals surface area (Å²) in [6.07, 6.45) is -0.601. The van der Waals surface area contributed by atoms with E-state index in [2.05, 4.69) is 0 Å². The molecule has 1 unspecified atom stereocenters. The van der Waals surface area contributed by atoms with Crippen LogP contribution in [0.3, 0.4) is 0 Å². The van der Waals surface area contributed by atoms with E-state index in [0.29, 0.717) is 5.75 Å². The third-order valence-electron chi connectivity index (χ3n) is 2.04. The van der Waals surface area contributed by atoms with Crippen LogP contribution in [0, 0.1) is 6.92 Å². The van der Waals surface area contributed by atoms with Crippen LogP contribution in [0.2, 0.25) is 0 Å². The summed E-state index contributed by atoms with van der Waals surface area (Å²) < 4.78 is 10.8. The quantitative estimate of drug-likeness (QED) is 0.756. The predicted molar refractivity (Wildman–Crippen MR) is 67.1 cm³/mol. The van der Waals surface area contributed by atoms with Gasteiger partial charge in [0.05, 0.1) is 0 Å². The molecule has 1 aromatic carbocycles. The van der Waals surface area contributed by atoms with E-state index in [9.17, 15) is 4.79 Å². The standard InChI is InChI=1S/C14H20O3/c1-10-7-6-8-12(9-10)16-11(2)13(15)17-14(3,4)5/h6-9,11H,1-5H3. The predicted octanol–water partition coefficient (Wildman–Crippen LogP) is 3.10. The summed E-state index contributed by atoms with van der Waals surface area (Å²) >= 11 is 0. The molecule has 0 saturated heterocycles. The number of hydrogen-bond donors (Lipinski definition) is 0. The first-order chi connectivity index (χ1) is 7.78. The molecule has 3 nitrogen and oxygen atoms in total. The number of carbonyl (C=O) groups excluding carboxylic acids is 1. The molecule has 0 fully saturated rings. The lowest BCUT2D eigenvalue weighted by atomic mass is 10.2. The van der Waals surface area contributed by atoms with Crippen LogP contribution in [0.25, 0.3) is 0 Å². The average Bonchev–Trinajstić information content (AvgIpc) is 2.14. The maximum Gasteiger partial charge on any atom is 0.347 e. The Kier molecular flexibility index (Phi) is 4.16. The highest BCUT2D eigenvalue weighted by Crippen LogP contribution is 2.16. The van der Waals surface area contributed by atoms with Gasteiger partial charge in [-0.1, -0.05) is 12.1 Å². The van der Waals surface area contributed by atoms with Crippen molar-refractivity contribution < 1.29 is 14.3 Å². The van der Waals surface area contributed by atoms with E-state index in [1.54, 1.807) is 6.92 Å². The van der Waals surface area contributed by atoms with Crippen molar-refractivity contribution in [1.29, 1.82) is 0 Å². The zero-order valence-corrected chi connectivity index (χ0v) is 11.1. The first kappa shape index (κ1) is 13.6. The molecular formula is C14H20O3. The summed E-state index contributed by atoms with van der Waals surface area (Å²) in [6, 6.07) is 7.59. The molecule has 1 atom stereocenters. The molecular weight excluding hydrogens is 216 g/mol. The molecule has 0 aliphatic carbocycles. The molecule has 0 aliphatic heterocycles. The molecule has 0 radical (unpaired) electrons. The Hall–Kier alpha value is -1.51. The Morgan fingerprint density at radius 2 is 1.94 bits per heavy atom. The Bertz CT molecular complexity index is 391. The van der Waals surface area contributed by atoms with E-state index in [1.165, 1.54) is 0 Å². The van der Waals surface area contributed by atoms with Gasteiger partial charge < -0.3 is 9.47 Å². The number of rotatable bonds is 3. The summed E-state index contributed by atoms with van der Waals surface area (Å²) in [5.41, 5.74) is 0.611. The summed E-state index contributed by atoms with van der Waals surface area (Å²) in [6.45, 7) is 9.18. The fourth-order valence-electron chi connectivity index (χ4n) is 1.33. The Balaban J connectivity index is 2.60. The van der Waals surface area contributed by atoms with Crippen LogP contribution in [-0.4, -0.2) is 17.7 Å². The molecule has 0 aromatic heterocycles. The van der Waals surface area contributed by atoms with Crippen LogP contribution in [0.1, 0.15) is 33.3 Å². The summed E-state index contributed by atoms with van der Waals surface area (Å²) in [4.78, 5) is 11.7. The molecule has 94 valence electrons. The number of ether oxygens (including phenoxy) is 2. The molecule has 0 heterocycles. The van der Waals surface area contributed by atoms with Crippen LogP contribution in [0.5, 0.6) is 5.75 Å². The molecule has 0 amide bonds. The topological polar surface area (TPSA) is 35.5 Å². The van der Waals surface area contributed by atoms with E-state index < -0.39 is 11.7 Å². The summed E-state index contributed by atoms with van der Waals surface area (Å²) in [7, 11) is 0. The van der Waals surface area contributed by atoms with E-state index in [0.717, 1.165) is 5.56 Å². The van der Waals surface area contributed by atoms with Gasteiger partial charge in [-0.25, -0.2) is 4.79 Å². The maximum atomic E-state index is 11.7. The minimum absolute atomic E-state index is 0.348. The molecule has 0 N–H and O–H groups in total. The van der Waals surface area contributed by atoms with Crippen molar-refractivity contribution in [3.63, 3.8) is 0 Å². The summed E-state index contributed by atoms with van der Waals surface area (Å²) in [5.74, 6) is 0.336. The van der Waals surface area contributed by atoms with Gasteiger partial charge in [-0.15, -0.1) is 0 Å². The van der Waals surface area contributed by atoms with Crippen molar-refractivity contribution >= 4 is 5.97 Å². The fraction of sp³-hybridized carbons (Fsp3) is 0.500. The SMILES string of the molecule is Cc1cccc(OC(C)C(=O)OC(C)(C)C)c1. The second kappa shape index (κ2) is 5.21. The third kappa shape index (κ3) is 4.89. The number of carbonyl (C=O) groups is 1. The van der Waals surface area contributed by atoms with Crippen LogP contribution in [0.4, 0.5) is 0 Å². The Morgan fingerprint density at radius 1 is 1.29 bits per heavy atom. The highest BCUT2D eigenvalue weighted by Gasteiger charge is 2.22. The van der Waals surface area contributed by atoms with Crippen LogP contribution >= 0.6 is 0 Å².